The van der Waals surface area contributed by atoms with E-state index in [0.29, 0.717) is 23.0 Å². The molecule has 224 valence electrons. The molecule has 4 aromatic rings. The van der Waals surface area contributed by atoms with Crippen LogP contribution < -0.4 is 35.2 Å². The Morgan fingerprint density at radius 1 is 0.545 bits per heavy atom. The van der Waals surface area contributed by atoms with Gasteiger partial charge in [0.2, 0.25) is 0 Å². The topological polar surface area (TPSA) is 0 Å². The zero-order valence-corrected chi connectivity index (χ0v) is 30.2. The van der Waals surface area contributed by atoms with Gasteiger partial charge in [-0.1, -0.05) is 87.1 Å². The van der Waals surface area contributed by atoms with E-state index >= 15 is 0 Å². The van der Waals surface area contributed by atoms with Gasteiger partial charge < -0.3 is 24.8 Å². The van der Waals surface area contributed by atoms with Gasteiger partial charge in [0.1, 0.15) is 11.6 Å². The summed E-state index contributed by atoms with van der Waals surface area (Å²) >= 11 is 1.64. The van der Waals surface area contributed by atoms with Crippen LogP contribution in [0.3, 0.4) is 0 Å². The molecule has 6 heteroatoms. The van der Waals surface area contributed by atoms with Crippen molar-refractivity contribution in [2.45, 2.75) is 27.7 Å². The first-order valence-electron chi connectivity index (χ1n) is 14.1. The van der Waals surface area contributed by atoms with Crippen LogP contribution in [-0.4, -0.2) is 5.43 Å². The monoisotopic (exact) mass is 716 g/mol. The van der Waals surface area contributed by atoms with Gasteiger partial charge in [-0.3, -0.25) is 12.2 Å². The summed E-state index contributed by atoms with van der Waals surface area (Å²) in [4.78, 5) is 0. The molecule has 0 aromatic heterocycles. The normalized spacial score (nSPS) is 16.3. The van der Waals surface area contributed by atoms with Crippen molar-refractivity contribution in [2.75, 3.05) is 0 Å². The Balaban J connectivity index is 0.000000225. The molecule has 0 saturated heterocycles. The average molecular weight is 719 g/mol. The standard InChI is InChI=1S/2C13H12F.C12H10Si.2ClH.Zr/c2*1-9-7-10(2)12(8-9)11-5-3-4-6-13(11)14;1-3-7-11(8-4-1)13-12-9-5-2-6-10-12;;;/h2*3-6,8-9H,1-2H3;1-10H;2*1H;/q2*-1;;;;+2/p-2. The first kappa shape index (κ1) is 37.6. The van der Waals surface area contributed by atoms with Gasteiger partial charge in [0.25, 0.3) is 0 Å². The van der Waals surface area contributed by atoms with E-state index in [9.17, 15) is 8.78 Å². The van der Waals surface area contributed by atoms with E-state index in [4.69, 9.17) is 0 Å². The molecule has 0 aliphatic heterocycles. The second-order valence-electron chi connectivity index (χ2n) is 10.3. The van der Waals surface area contributed by atoms with Crippen molar-refractivity contribution in [2.24, 2.45) is 11.8 Å². The second-order valence-corrected chi connectivity index (χ2v) is 15.9. The number of benzene rings is 4. The Bertz CT molecular complexity index is 1540. The molecule has 44 heavy (non-hydrogen) atoms. The molecule has 0 saturated carbocycles. The quantitative estimate of drug-likeness (QED) is 0.225. The molecule has 0 amide bonds. The fourth-order valence-electron chi connectivity index (χ4n) is 4.99. The minimum absolute atomic E-state index is 0. The van der Waals surface area contributed by atoms with Crippen LogP contribution in [0.1, 0.15) is 38.8 Å². The van der Waals surface area contributed by atoms with Gasteiger partial charge in [-0.05, 0) is 12.1 Å². The van der Waals surface area contributed by atoms with E-state index < -0.39 is 5.43 Å². The van der Waals surface area contributed by atoms with Crippen LogP contribution in [0.2, 0.25) is 0 Å². The third kappa shape index (κ3) is 10.2. The number of allylic oxidation sites excluding steroid dienone is 8. The molecule has 0 spiro atoms. The first-order chi connectivity index (χ1) is 20.2. The summed E-state index contributed by atoms with van der Waals surface area (Å²) < 4.78 is 26.9. The van der Waals surface area contributed by atoms with Crippen molar-refractivity contribution < 1.29 is 56.9 Å². The van der Waals surface area contributed by atoms with Gasteiger partial charge in [-0.25, -0.2) is 19.9 Å². The Morgan fingerprint density at radius 2 is 0.864 bits per heavy atom. The Morgan fingerprint density at radius 3 is 1.16 bits per heavy atom. The number of halogens is 4. The molecular formula is C38H34Cl2F2SiZr-2. The van der Waals surface area contributed by atoms with E-state index in [-0.39, 0.29) is 36.4 Å². The molecule has 2 aliphatic rings. The predicted molar refractivity (Wildman–Crippen MR) is 170 cm³/mol. The van der Waals surface area contributed by atoms with E-state index in [2.05, 4.69) is 86.7 Å². The summed E-state index contributed by atoms with van der Waals surface area (Å²) in [5.41, 5.74) is 4.96. The van der Waals surface area contributed by atoms with E-state index in [1.54, 1.807) is 35.5 Å². The maximum atomic E-state index is 13.5. The minimum atomic E-state index is -0.455. The van der Waals surface area contributed by atoms with Crippen LogP contribution >= 0.6 is 0 Å². The van der Waals surface area contributed by atoms with E-state index in [0.717, 1.165) is 22.3 Å². The number of hydrogen-bond donors (Lipinski definition) is 0. The summed E-state index contributed by atoms with van der Waals surface area (Å²) in [6.07, 6.45) is 10.6. The van der Waals surface area contributed by atoms with Crippen LogP contribution in [0.15, 0.2) is 132 Å². The van der Waals surface area contributed by atoms with Gasteiger partial charge in [0, 0.05) is 0 Å². The molecule has 6 rings (SSSR count). The molecule has 0 heterocycles. The Labute approximate surface area is 288 Å². The summed E-state index contributed by atoms with van der Waals surface area (Å²) in [6, 6.07) is 35.4. The number of hydrogen-bond acceptors (Lipinski definition) is 0. The van der Waals surface area contributed by atoms with Crippen LogP contribution in [0.25, 0.3) is 11.1 Å². The molecule has 0 nitrogen and oxygen atoms in total. The van der Waals surface area contributed by atoms with E-state index in [1.807, 2.05) is 50.3 Å². The summed E-state index contributed by atoms with van der Waals surface area (Å²) in [7, 11) is 0. The third-order valence-corrected chi connectivity index (χ3v) is 13.1. The van der Waals surface area contributed by atoms with Gasteiger partial charge in [-0.2, -0.15) is 23.3 Å². The predicted octanol–water partition coefficient (Wildman–Crippen LogP) is 2.56. The first-order valence-corrected chi connectivity index (χ1v) is 19.3. The Kier molecular flexibility index (Phi) is 15.7. The fourth-order valence-corrected chi connectivity index (χ4v) is 8.83. The van der Waals surface area contributed by atoms with Gasteiger partial charge in [0.05, 0.1) is 0 Å². The van der Waals surface area contributed by atoms with Crippen molar-refractivity contribution >= 4 is 27.0 Å². The van der Waals surface area contributed by atoms with Crippen molar-refractivity contribution in [3.63, 3.8) is 0 Å². The molecular weight excluding hydrogens is 685 g/mol. The molecule has 0 radical (unpaired) electrons. The molecule has 2 atom stereocenters. The van der Waals surface area contributed by atoms with Crippen molar-refractivity contribution in [3.8, 4) is 0 Å². The van der Waals surface area contributed by atoms with Crippen molar-refractivity contribution in [1.29, 1.82) is 0 Å². The SMILES string of the molecule is CC1=[C-]C(C)C=C1c1ccccc1F.CC1=[C-]C(C)C=C1c1ccccc1F.[Cl-].[Cl-].[Zr+2]=[Si](c1ccccc1)c1ccccc1. The number of rotatable bonds is 4. The van der Waals surface area contributed by atoms with Crippen LogP contribution in [0.5, 0.6) is 0 Å². The molecule has 2 aliphatic carbocycles. The summed E-state index contributed by atoms with van der Waals surface area (Å²) in [5.74, 6) is 0.275. The Hall–Kier alpha value is -2.62. The van der Waals surface area contributed by atoms with Gasteiger partial charge in [0.15, 0.2) is 0 Å². The van der Waals surface area contributed by atoms with Gasteiger partial charge in [-0.15, -0.1) is 0 Å². The maximum absolute atomic E-state index is 13.5. The summed E-state index contributed by atoms with van der Waals surface area (Å²) in [5, 5.41) is 3.03. The molecule has 4 aromatic carbocycles. The molecule has 0 N–H and O–H groups in total. The average Bonchev–Trinajstić information content (AvgIpc) is 3.53. The second kappa shape index (κ2) is 18.4. The van der Waals surface area contributed by atoms with Crippen LogP contribution in [0.4, 0.5) is 8.78 Å². The van der Waals surface area contributed by atoms with Crippen molar-refractivity contribution in [1.82, 2.24) is 0 Å². The zero-order chi connectivity index (χ0) is 30.1. The molecule has 0 fully saturated rings. The third-order valence-electron chi connectivity index (χ3n) is 6.98. The van der Waals surface area contributed by atoms with Crippen molar-refractivity contribution in [3.05, 3.63) is 167 Å². The van der Waals surface area contributed by atoms with E-state index in [1.165, 1.54) is 22.5 Å². The van der Waals surface area contributed by atoms with Gasteiger partial charge >= 0.3 is 99.8 Å². The molecule has 0 bridgehead atoms. The zero-order valence-electron chi connectivity index (χ0n) is 25.2. The summed E-state index contributed by atoms with van der Waals surface area (Å²) in [6.45, 7) is 8.05. The fraction of sp³-hybridized carbons (Fsp3) is 0.158. The van der Waals surface area contributed by atoms with Crippen LogP contribution in [-0.2, 0) is 23.3 Å². The molecule has 2 unspecified atom stereocenters. The van der Waals surface area contributed by atoms with Crippen LogP contribution in [0, 0.1) is 35.6 Å².